The van der Waals surface area contributed by atoms with Gasteiger partial charge in [0, 0.05) is 0 Å². The van der Waals surface area contributed by atoms with Gasteiger partial charge >= 0.3 is 0 Å². The molecule has 0 aliphatic carbocycles. The van der Waals surface area contributed by atoms with Crippen LogP contribution in [0.3, 0.4) is 0 Å². The van der Waals surface area contributed by atoms with Gasteiger partial charge in [-0.1, -0.05) is 64.7 Å². The number of guanidine groups is 1. The molecule has 0 amide bonds. The number of rotatable bonds is 10. The van der Waals surface area contributed by atoms with Crippen LogP contribution in [0.1, 0.15) is 71.1 Å². The van der Waals surface area contributed by atoms with Crippen LogP contribution in [0.2, 0.25) is 0 Å². The molecule has 0 aromatic rings. The molecule has 0 unspecified atom stereocenters. The summed E-state index contributed by atoms with van der Waals surface area (Å²) in [6.45, 7) is 3.14. The zero-order valence-corrected chi connectivity index (χ0v) is 11.5. The number of nitrogens with one attached hydrogen (secondary N) is 1. The van der Waals surface area contributed by atoms with Crippen LogP contribution in [0.25, 0.3) is 0 Å². The third-order valence-electron chi connectivity index (χ3n) is 2.56. The molecule has 4 nitrogen and oxygen atoms in total. The number of unbranched alkanes of at least 4 members (excludes halogenated alkanes) is 9. The molecule has 0 aromatic carbocycles. The first-order valence-corrected chi connectivity index (χ1v) is 6.94. The fraction of sp³-hybridized carbons (Fsp3) is 0.923. The van der Waals surface area contributed by atoms with Gasteiger partial charge in [-0.2, -0.15) is 0 Å². The van der Waals surface area contributed by atoms with Crippen molar-refractivity contribution in [1.82, 2.24) is 0 Å². The van der Waals surface area contributed by atoms with Crippen molar-refractivity contribution in [3.63, 3.8) is 0 Å². The van der Waals surface area contributed by atoms with Crippen molar-refractivity contribution >= 4 is 5.96 Å². The molecule has 0 saturated heterocycles. The van der Waals surface area contributed by atoms with Crippen LogP contribution in [0, 0.1) is 5.41 Å². The summed E-state index contributed by atoms with van der Waals surface area (Å²) < 4.78 is 0. The van der Waals surface area contributed by atoms with E-state index in [1.807, 2.05) is 0 Å². The zero-order chi connectivity index (χ0) is 13.4. The molecule has 0 radical (unpaired) electrons. The van der Waals surface area contributed by atoms with Crippen molar-refractivity contribution in [1.29, 1.82) is 5.41 Å². The third-order valence-corrected chi connectivity index (χ3v) is 2.56. The second-order valence-corrected chi connectivity index (χ2v) is 4.43. The van der Waals surface area contributed by atoms with Crippen LogP contribution in [-0.4, -0.2) is 12.5 Å². The van der Waals surface area contributed by atoms with E-state index in [1.165, 1.54) is 64.2 Å². The van der Waals surface area contributed by atoms with E-state index in [0.717, 1.165) is 6.54 Å². The molecule has 0 atom stereocenters. The number of nitrogens with two attached hydrogens (primary N) is 3. The summed E-state index contributed by atoms with van der Waals surface area (Å²) in [5.41, 5.74) is 14.4. The molecule has 4 heteroatoms. The molecular weight excluding hydrogens is 212 g/mol. The first-order chi connectivity index (χ1) is 8.15. The van der Waals surface area contributed by atoms with E-state index in [-0.39, 0.29) is 5.96 Å². The summed E-state index contributed by atoms with van der Waals surface area (Å²) in [6.07, 6.45) is 13.9. The lowest BCUT2D eigenvalue weighted by atomic mass is 10.1. The molecule has 0 heterocycles. The van der Waals surface area contributed by atoms with E-state index in [1.54, 1.807) is 0 Å². The summed E-state index contributed by atoms with van der Waals surface area (Å²) in [4.78, 5) is 0. The lowest BCUT2D eigenvalue weighted by Crippen LogP contribution is -2.20. The van der Waals surface area contributed by atoms with E-state index in [2.05, 4.69) is 18.4 Å². The van der Waals surface area contributed by atoms with Gasteiger partial charge in [0.25, 0.3) is 0 Å². The van der Waals surface area contributed by atoms with Crippen molar-refractivity contribution in [2.45, 2.75) is 71.1 Å². The highest BCUT2D eigenvalue weighted by atomic mass is 14.9. The Morgan fingerprint density at radius 1 is 0.765 bits per heavy atom. The Hall–Kier alpha value is -0.770. The maximum Gasteiger partial charge on any atom is 0.183 e. The summed E-state index contributed by atoms with van der Waals surface area (Å²) in [5.74, 6) is -0.333. The van der Waals surface area contributed by atoms with Gasteiger partial charge in [-0.15, -0.1) is 0 Å². The smallest absolute Gasteiger partial charge is 0.183 e. The van der Waals surface area contributed by atoms with E-state index in [9.17, 15) is 0 Å². The van der Waals surface area contributed by atoms with Gasteiger partial charge in [-0.05, 0) is 13.0 Å². The predicted octanol–water partition coefficient (Wildman–Crippen LogP) is 2.70. The lowest BCUT2D eigenvalue weighted by molar-refractivity contribution is 0.558. The van der Waals surface area contributed by atoms with E-state index >= 15 is 0 Å². The van der Waals surface area contributed by atoms with Crippen LogP contribution in [-0.2, 0) is 0 Å². The van der Waals surface area contributed by atoms with Gasteiger partial charge in [0.2, 0.25) is 0 Å². The minimum atomic E-state index is -0.333. The highest BCUT2D eigenvalue weighted by Gasteiger charge is 1.91. The summed E-state index contributed by atoms with van der Waals surface area (Å²) in [6, 6.07) is 0. The average molecular weight is 244 g/mol. The molecule has 0 saturated carbocycles. The molecule has 0 aliphatic rings. The standard InChI is InChI=1S/C12H27N.CH5N3/c1-2-3-4-5-6-7-8-9-10-11-12-13;2-1(3)4/h2-13H2,1H3;(H5,2,3,4). The minimum Gasteiger partial charge on any atom is -0.370 e. The maximum atomic E-state index is 6.06. The molecule has 7 N–H and O–H groups in total. The van der Waals surface area contributed by atoms with Crippen LogP contribution < -0.4 is 17.2 Å². The Bertz CT molecular complexity index is 134. The van der Waals surface area contributed by atoms with Gasteiger partial charge in [0.05, 0.1) is 0 Å². The van der Waals surface area contributed by atoms with Crippen molar-refractivity contribution in [2.75, 3.05) is 6.54 Å². The molecule has 0 fully saturated rings. The Morgan fingerprint density at radius 2 is 1.06 bits per heavy atom. The second-order valence-electron chi connectivity index (χ2n) is 4.43. The molecule has 0 rings (SSSR count). The fourth-order valence-corrected chi connectivity index (χ4v) is 1.63. The van der Waals surface area contributed by atoms with Crippen molar-refractivity contribution < 1.29 is 0 Å². The number of hydrogen-bond donors (Lipinski definition) is 4. The van der Waals surface area contributed by atoms with Gasteiger partial charge in [-0.3, -0.25) is 5.41 Å². The van der Waals surface area contributed by atoms with Crippen molar-refractivity contribution in [2.24, 2.45) is 17.2 Å². The number of hydrogen-bond acceptors (Lipinski definition) is 2. The van der Waals surface area contributed by atoms with Crippen LogP contribution >= 0.6 is 0 Å². The van der Waals surface area contributed by atoms with E-state index in [0.29, 0.717) is 0 Å². The maximum absolute atomic E-state index is 6.06. The molecule has 0 bridgehead atoms. The molecule has 104 valence electrons. The zero-order valence-electron chi connectivity index (χ0n) is 11.5. The van der Waals surface area contributed by atoms with Gasteiger partial charge in [0.1, 0.15) is 0 Å². The Balaban J connectivity index is 0. The topological polar surface area (TPSA) is 102 Å². The first kappa shape index (κ1) is 18.6. The molecular formula is C13H32N4. The van der Waals surface area contributed by atoms with Crippen LogP contribution in [0.5, 0.6) is 0 Å². The molecule has 17 heavy (non-hydrogen) atoms. The Kier molecular flexibility index (Phi) is 19.3. The second kappa shape index (κ2) is 17.6. The van der Waals surface area contributed by atoms with Crippen molar-refractivity contribution in [3.05, 3.63) is 0 Å². The fourth-order valence-electron chi connectivity index (χ4n) is 1.63. The molecule has 0 spiro atoms. The summed E-state index contributed by atoms with van der Waals surface area (Å²) >= 11 is 0. The van der Waals surface area contributed by atoms with E-state index < -0.39 is 0 Å². The van der Waals surface area contributed by atoms with Crippen LogP contribution in [0.15, 0.2) is 0 Å². The quantitative estimate of drug-likeness (QED) is 0.270. The van der Waals surface area contributed by atoms with Gasteiger partial charge in [-0.25, -0.2) is 0 Å². The van der Waals surface area contributed by atoms with Crippen LogP contribution in [0.4, 0.5) is 0 Å². The molecule has 0 aromatic heterocycles. The SMILES string of the molecule is CCCCCCCCCCCCN.N=C(N)N. The van der Waals surface area contributed by atoms with Crippen molar-refractivity contribution in [3.8, 4) is 0 Å². The predicted molar refractivity (Wildman–Crippen MR) is 77.0 cm³/mol. The average Bonchev–Trinajstić information content (AvgIpc) is 2.26. The normalized spacial score (nSPS) is 9.53. The minimum absolute atomic E-state index is 0.333. The summed E-state index contributed by atoms with van der Waals surface area (Å²) in [7, 11) is 0. The third kappa shape index (κ3) is 31.3. The highest BCUT2D eigenvalue weighted by Crippen LogP contribution is 2.09. The molecule has 0 aliphatic heterocycles. The Labute approximate surface area is 107 Å². The first-order valence-electron chi connectivity index (χ1n) is 6.94. The Morgan fingerprint density at radius 3 is 1.35 bits per heavy atom. The van der Waals surface area contributed by atoms with Gasteiger partial charge in [0.15, 0.2) is 5.96 Å². The monoisotopic (exact) mass is 244 g/mol. The summed E-state index contributed by atoms with van der Waals surface area (Å²) in [5, 5.41) is 6.06. The van der Waals surface area contributed by atoms with E-state index in [4.69, 9.17) is 11.1 Å². The largest absolute Gasteiger partial charge is 0.370 e. The highest BCUT2D eigenvalue weighted by molar-refractivity contribution is 5.71. The van der Waals surface area contributed by atoms with Gasteiger partial charge < -0.3 is 17.2 Å². The lowest BCUT2D eigenvalue weighted by Gasteiger charge is -2.00.